The van der Waals surface area contributed by atoms with Gasteiger partial charge in [0.1, 0.15) is 17.9 Å². The number of furan rings is 1. The number of aliphatic hydroxyl groups is 1. The lowest BCUT2D eigenvalue weighted by atomic mass is 9.99. The molecule has 0 atom stereocenters. The van der Waals surface area contributed by atoms with Crippen molar-refractivity contribution in [3.05, 3.63) is 64.2 Å². The zero-order chi connectivity index (χ0) is 18.6. The van der Waals surface area contributed by atoms with Gasteiger partial charge >= 0.3 is 0 Å². The molecule has 0 aliphatic heterocycles. The molecule has 2 heterocycles. The summed E-state index contributed by atoms with van der Waals surface area (Å²) in [7, 11) is 0. The summed E-state index contributed by atoms with van der Waals surface area (Å²) in [6.45, 7) is 7.56. The second-order valence-corrected chi connectivity index (χ2v) is 6.64. The van der Waals surface area contributed by atoms with Crippen LogP contribution in [0.3, 0.4) is 0 Å². The van der Waals surface area contributed by atoms with Crippen LogP contribution in [-0.2, 0) is 6.73 Å². The molecular weight excluding hydrogens is 350 g/mol. The summed E-state index contributed by atoms with van der Waals surface area (Å²) >= 11 is 5.02. The SMILES string of the molecule is C=C(c1cc(C)c2oc3c(C)cccc3c2c1)c1oc(=S)n(CO)c1O. The fraction of sp³-hybridized carbons (Fsp3) is 0.150. The largest absolute Gasteiger partial charge is 0.492 e. The van der Waals surface area contributed by atoms with Gasteiger partial charge in [-0.15, -0.1) is 0 Å². The standard InChI is InChI=1S/C20H17NO4S/c1-10-5-4-6-14-15-8-13(7-11(2)17(15)24-16(10)14)12(3)18-19(23)21(9-22)20(26)25-18/h4-8,22-23H,3,9H2,1-2H3. The van der Waals surface area contributed by atoms with Crippen molar-refractivity contribution in [1.82, 2.24) is 4.57 Å². The minimum absolute atomic E-state index is 0.0108. The zero-order valence-electron chi connectivity index (χ0n) is 14.4. The van der Waals surface area contributed by atoms with Crippen LogP contribution in [0.15, 0.2) is 45.7 Å². The van der Waals surface area contributed by atoms with Crippen LogP contribution in [0.25, 0.3) is 27.5 Å². The lowest BCUT2D eigenvalue weighted by molar-refractivity contribution is 0.191. The molecule has 0 amide bonds. The van der Waals surface area contributed by atoms with Crippen molar-refractivity contribution in [1.29, 1.82) is 0 Å². The highest BCUT2D eigenvalue weighted by Crippen LogP contribution is 2.37. The third-order valence-electron chi connectivity index (χ3n) is 4.61. The van der Waals surface area contributed by atoms with Crippen molar-refractivity contribution in [3.8, 4) is 5.88 Å². The quantitative estimate of drug-likeness (QED) is 0.496. The van der Waals surface area contributed by atoms with E-state index in [9.17, 15) is 10.2 Å². The number of aromatic hydroxyl groups is 1. The second-order valence-electron chi connectivity index (χ2n) is 6.29. The molecule has 0 bridgehead atoms. The molecule has 0 unspecified atom stereocenters. The van der Waals surface area contributed by atoms with Crippen LogP contribution < -0.4 is 0 Å². The van der Waals surface area contributed by atoms with Crippen molar-refractivity contribution in [2.24, 2.45) is 0 Å². The molecule has 0 radical (unpaired) electrons. The first-order valence-electron chi connectivity index (χ1n) is 8.08. The minimum Gasteiger partial charge on any atom is -0.492 e. The van der Waals surface area contributed by atoms with Crippen molar-refractivity contribution >= 4 is 39.7 Å². The number of aliphatic hydroxyl groups excluding tert-OH is 1. The van der Waals surface area contributed by atoms with Gasteiger partial charge in [0.25, 0.3) is 4.84 Å². The van der Waals surface area contributed by atoms with Gasteiger partial charge in [-0.25, -0.2) is 4.57 Å². The highest BCUT2D eigenvalue weighted by molar-refractivity contribution is 7.71. The van der Waals surface area contributed by atoms with Crippen molar-refractivity contribution < 1.29 is 19.0 Å². The Kier molecular flexibility index (Phi) is 3.75. The minimum atomic E-state index is -0.467. The molecular formula is C20H17NO4S. The molecule has 4 aromatic rings. The van der Waals surface area contributed by atoms with Crippen LogP contribution in [0, 0.1) is 18.7 Å². The van der Waals surface area contributed by atoms with Gasteiger partial charge in [-0.05, 0) is 54.9 Å². The number of aromatic nitrogens is 1. The summed E-state index contributed by atoms with van der Waals surface area (Å²) in [6.07, 6.45) is 0. The smallest absolute Gasteiger partial charge is 0.274 e. The number of hydrogen-bond acceptors (Lipinski definition) is 5. The lowest BCUT2D eigenvalue weighted by Gasteiger charge is -2.06. The number of hydrogen-bond donors (Lipinski definition) is 2. The van der Waals surface area contributed by atoms with Gasteiger partial charge in [-0.3, -0.25) is 0 Å². The first-order valence-corrected chi connectivity index (χ1v) is 8.48. The van der Waals surface area contributed by atoms with Gasteiger partial charge in [-0.2, -0.15) is 0 Å². The average molecular weight is 367 g/mol. The predicted molar refractivity (Wildman–Crippen MR) is 103 cm³/mol. The lowest BCUT2D eigenvalue weighted by Crippen LogP contribution is -1.95. The molecule has 0 fully saturated rings. The number of aryl methyl sites for hydroxylation is 2. The Morgan fingerprint density at radius 3 is 2.54 bits per heavy atom. The zero-order valence-corrected chi connectivity index (χ0v) is 15.2. The van der Waals surface area contributed by atoms with Crippen LogP contribution >= 0.6 is 12.2 Å². The second kappa shape index (κ2) is 5.86. The van der Waals surface area contributed by atoms with E-state index in [0.29, 0.717) is 5.57 Å². The van der Waals surface area contributed by atoms with E-state index < -0.39 is 6.73 Å². The van der Waals surface area contributed by atoms with E-state index >= 15 is 0 Å². The van der Waals surface area contributed by atoms with E-state index in [1.807, 2.05) is 44.2 Å². The Balaban J connectivity index is 1.95. The monoisotopic (exact) mass is 367 g/mol. The van der Waals surface area contributed by atoms with E-state index in [1.165, 1.54) is 0 Å². The van der Waals surface area contributed by atoms with E-state index in [2.05, 4.69) is 6.58 Å². The summed E-state index contributed by atoms with van der Waals surface area (Å²) in [4.78, 5) is -0.0108. The maximum Gasteiger partial charge on any atom is 0.274 e. The van der Waals surface area contributed by atoms with Crippen molar-refractivity contribution in [2.75, 3.05) is 0 Å². The summed E-state index contributed by atoms with van der Waals surface area (Å²) in [5.74, 6) is -0.0973. The molecule has 2 aromatic heterocycles. The molecule has 132 valence electrons. The van der Waals surface area contributed by atoms with Gasteiger partial charge in [0.05, 0.1) is 0 Å². The highest BCUT2D eigenvalue weighted by atomic mass is 32.1. The number of oxazole rings is 1. The van der Waals surface area contributed by atoms with Gasteiger partial charge < -0.3 is 19.0 Å². The third kappa shape index (κ3) is 2.30. The number of nitrogens with zero attached hydrogens (tertiary/aromatic N) is 1. The number of benzene rings is 2. The van der Waals surface area contributed by atoms with E-state index in [4.69, 9.17) is 21.1 Å². The summed E-state index contributed by atoms with van der Waals surface area (Å²) in [6, 6.07) is 9.92. The average Bonchev–Trinajstić information content (AvgIpc) is 3.13. The van der Waals surface area contributed by atoms with Crippen LogP contribution in [-0.4, -0.2) is 14.8 Å². The van der Waals surface area contributed by atoms with Gasteiger partial charge in [0.2, 0.25) is 5.88 Å². The van der Waals surface area contributed by atoms with E-state index in [-0.39, 0.29) is 16.5 Å². The Bertz CT molecular complexity index is 1240. The molecule has 0 aliphatic carbocycles. The molecule has 26 heavy (non-hydrogen) atoms. The first-order chi connectivity index (χ1) is 12.4. The Labute approximate surface area is 154 Å². The van der Waals surface area contributed by atoms with Crippen LogP contribution in [0.4, 0.5) is 0 Å². The Hall–Kier alpha value is -2.83. The molecule has 2 N–H and O–H groups in total. The van der Waals surface area contributed by atoms with Gasteiger partial charge in [0, 0.05) is 16.3 Å². The Morgan fingerprint density at radius 1 is 1.12 bits per heavy atom. The Morgan fingerprint density at radius 2 is 1.85 bits per heavy atom. The normalized spacial score (nSPS) is 11.5. The fourth-order valence-corrected chi connectivity index (χ4v) is 3.46. The molecule has 0 saturated heterocycles. The maximum atomic E-state index is 10.3. The van der Waals surface area contributed by atoms with Crippen LogP contribution in [0.2, 0.25) is 0 Å². The maximum absolute atomic E-state index is 10.3. The highest BCUT2D eigenvalue weighted by Gasteiger charge is 2.19. The molecule has 6 heteroatoms. The predicted octanol–water partition coefficient (Wildman–Crippen LogP) is 5.04. The molecule has 0 aliphatic rings. The molecule has 4 rings (SSSR count). The molecule has 0 spiro atoms. The summed E-state index contributed by atoms with van der Waals surface area (Å²) in [5.41, 5.74) is 4.97. The van der Waals surface area contributed by atoms with E-state index in [1.54, 1.807) is 0 Å². The molecule has 5 nitrogen and oxygen atoms in total. The molecule has 2 aromatic carbocycles. The topological polar surface area (TPSA) is 71.7 Å². The third-order valence-corrected chi connectivity index (χ3v) is 4.92. The first kappa shape index (κ1) is 16.6. The molecule has 0 saturated carbocycles. The number of fused-ring (bicyclic) bond motifs is 3. The van der Waals surface area contributed by atoms with Gasteiger partial charge in [0.15, 0.2) is 5.76 Å². The van der Waals surface area contributed by atoms with E-state index in [0.717, 1.165) is 43.2 Å². The van der Waals surface area contributed by atoms with Crippen molar-refractivity contribution in [2.45, 2.75) is 20.6 Å². The number of rotatable bonds is 3. The van der Waals surface area contributed by atoms with Gasteiger partial charge in [-0.1, -0.05) is 24.8 Å². The summed E-state index contributed by atoms with van der Waals surface area (Å²) in [5, 5.41) is 21.6. The van der Waals surface area contributed by atoms with Crippen LogP contribution in [0.1, 0.15) is 22.5 Å². The summed E-state index contributed by atoms with van der Waals surface area (Å²) < 4.78 is 12.6. The van der Waals surface area contributed by atoms with Crippen molar-refractivity contribution in [3.63, 3.8) is 0 Å². The number of para-hydroxylation sites is 1. The fourth-order valence-electron chi connectivity index (χ4n) is 3.24. The van der Waals surface area contributed by atoms with Crippen LogP contribution in [0.5, 0.6) is 5.88 Å².